The van der Waals surface area contributed by atoms with E-state index in [1.165, 1.54) is 18.4 Å². The summed E-state index contributed by atoms with van der Waals surface area (Å²) in [5.74, 6) is -0.204. The molecular weight excluding hydrogens is 250 g/mol. The minimum absolute atomic E-state index is 0.0131. The van der Waals surface area contributed by atoms with Gasteiger partial charge >= 0.3 is 5.97 Å². The fourth-order valence-electron chi connectivity index (χ4n) is 2.30. The van der Waals surface area contributed by atoms with Crippen LogP contribution in [0.2, 0.25) is 0 Å². The molecule has 1 aromatic rings. The average Bonchev–Trinajstić information content (AvgIpc) is 2.92. The standard InChI is InChI=1S/C13H17NO3S/c1-17-12(15)9-10-5-2-3-7-14(10)13(16)11-6-4-8-18-11/h4,6,8,10H,2-3,5,7,9H2,1H3. The van der Waals surface area contributed by atoms with Crippen LogP contribution in [0.3, 0.4) is 0 Å². The third kappa shape index (κ3) is 2.90. The molecule has 0 radical (unpaired) electrons. The van der Waals surface area contributed by atoms with Crippen LogP contribution in [-0.4, -0.2) is 36.5 Å². The molecule has 1 amide bonds. The lowest BCUT2D eigenvalue weighted by Crippen LogP contribution is -2.44. The molecule has 4 nitrogen and oxygen atoms in total. The van der Waals surface area contributed by atoms with Gasteiger partial charge in [0.25, 0.3) is 5.91 Å². The van der Waals surface area contributed by atoms with Gasteiger partial charge in [-0.3, -0.25) is 9.59 Å². The SMILES string of the molecule is COC(=O)CC1CCCCN1C(=O)c1cccs1. The highest BCUT2D eigenvalue weighted by Crippen LogP contribution is 2.23. The molecule has 1 unspecified atom stereocenters. The molecule has 2 rings (SSSR count). The molecule has 0 aromatic carbocycles. The lowest BCUT2D eigenvalue weighted by molar-refractivity contribution is -0.142. The highest BCUT2D eigenvalue weighted by molar-refractivity contribution is 7.12. The normalized spacial score (nSPS) is 19.6. The molecule has 0 spiro atoms. The van der Waals surface area contributed by atoms with Gasteiger partial charge in [-0.2, -0.15) is 0 Å². The van der Waals surface area contributed by atoms with Gasteiger partial charge in [-0.1, -0.05) is 6.07 Å². The maximum absolute atomic E-state index is 12.3. The van der Waals surface area contributed by atoms with Crippen molar-refractivity contribution >= 4 is 23.2 Å². The Hall–Kier alpha value is -1.36. The number of methoxy groups -OCH3 is 1. The second-order valence-electron chi connectivity index (χ2n) is 4.41. The van der Waals surface area contributed by atoms with Crippen molar-refractivity contribution in [2.24, 2.45) is 0 Å². The highest BCUT2D eigenvalue weighted by atomic mass is 32.1. The molecule has 1 fully saturated rings. The van der Waals surface area contributed by atoms with Crippen LogP contribution >= 0.6 is 11.3 Å². The molecule has 0 N–H and O–H groups in total. The van der Waals surface area contributed by atoms with E-state index in [0.717, 1.165) is 30.7 Å². The first-order valence-electron chi connectivity index (χ1n) is 6.13. The minimum atomic E-state index is -0.245. The largest absolute Gasteiger partial charge is 0.469 e. The number of nitrogens with zero attached hydrogens (tertiary/aromatic N) is 1. The zero-order valence-corrected chi connectivity index (χ0v) is 11.2. The van der Waals surface area contributed by atoms with Crippen molar-refractivity contribution in [3.05, 3.63) is 22.4 Å². The third-order valence-electron chi connectivity index (χ3n) is 3.25. The predicted molar refractivity (Wildman–Crippen MR) is 69.6 cm³/mol. The number of thiophene rings is 1. The van der Waals surface area contributed by atoms with E-state index in [1.807, 2.05) is 22.4 Å². The maximum Gasteiger partial charge on any atom is 0.307 e. The summed E-state index contributed by atoms with van der Waals surface area (Å²) in [6.45, 7) is 0.735. The van der Waals surface area contributed by atoms with Crippen LogP contribution in [0.1, 0.15) is 35.4 Å². The molecule has 2 heterocycles. The van der Waals surface area contributed by atoms with Crippen molar-refractivity contribution in [2.75, 3.05) is 13.7 Å². The van der Waals surface area contributed by atoms with E-state index in [0.29, 0.717) is 6.42 Å². The van der Waals surface area contributed by atoms with Crippen LogP contribution in [0.15, 0.2) is 17.5 Å². The zero-order valence-electron chi connectivity index (χ0n) is 10.4. The molecule has 1 aromatic heterocycles. The Morgan fingerprint density at radius 1 is 1.50 bits per heavy atom. The molecule has 1 saturated heterocycles. The second kappa shape index (κ2) is 6.00. The number of rotatable bonds is 3. The second-order valence-corrected chi connectivity index (χ2v) is 5.35. The van der Waals surface area contributed by atoms with Gasteiger partial charge in [0.05, 0.1) is 18.4 Å². The van der Waals surface area contributed by atoms with Gasteiger partial charge in [0.2, 0.25) is 0 Å². The van der Waals surface area contributed by atoms with Crippen LogP contribution in [0.4, 0.5) is 0 Å². The molecule has 0 saturated carbocycles. The van der Waals surface area contributed by atoms with Gasteiger partial charge in [0.1, 0.15) is 0 Å². The van der Waals surface area contributed by atoms with Crippen LogP contribution in [0, 0.1) is 0 Å². The van der Waals surface area contributed by atoms with Gasteiger partial charge in [-0.25, -0.2) is 0 Å². The summed E-state index contributed by atoms with van der Waals surface area (Å²) in [5.41, 5.74) is 0. The van der Waals surface area contributed by atoms with E-state index in [1.54, 1.807) is 0 Å². The van der Waals surface area contributed by atoms with E-state index in [2.05, 4.69) is 0 Å². The number of hydrogen-bond donors (Lipinski definition) is 0. The molecule has 5 heteroatoms. The van der Waals surface area contributed by atoms with Crippen molar-refractivity contribution in [3.63, 3.8) is 0 Å². The van der Waals surface area contributed by atoms with Crippen LogP contribution < -0.4 is 0 Å². The summed E-state index contributed by atoms with van der Waals surface area (Å²) >= 11 is 1.44. The van der Waals surface area contributed by atoms with Crippen LogP contribution in [0.25, 0.3) is 0 Å². The monoisotopic (exact) mass is 267 g/mol. The Morgan fingerprint density at radius 3 is 3.00 bits per heavy atom. The number of hydrogen-bond acceptors (Lipinski definition) is 4. The first kappa shape index (κ1) is 13.1. The molecule has 0 bridgehead atoms. The zero-order chi connectivity index (χ0) is 13.0. The Balaban J connectivity index is 2.08. The minimum Gasteiger partial charge on any atom is -0.469 e. The van der Waals surface area contributed by atoms with Gasteiger partial charge < -0.3 is 9.64 Å². The fourth-order valence-corrected chi connectivity index (χ4v) is 2.98. The number of ether oxygens (including phenoxy) is 1. The van der Waals surface area contributed by atoms with Crippen LogP contribution in [0.5, 0.6) is 0 Å². The van der Waals surface area contributed by atoms with Crippen molar-refractivity contribution in [1.82, 2.24) is 4.90 Å². The Labute approximate surface area is 111 Å². The lowest BCUT2D eigenvalue weighted by atomic mass is 9.99. The number of esters is 1. The first-order chi connectivity index (χ1) is 8.72. The predicted octanol–water partition coefficient (Wildman–Crippen LogP) is 2.31. The first-order valence-corrected chi connectivity index (χ1v) is 7.01. The van der Waals surface area contributed by atoms with Crippen molar-refractivity contribution in [2.45, 2.75) is 31.7 Å². The Morgan fingerprint density at radius 2 is 2.33 bits per heavy atom. The molecule has 1 aliphatic heterocycles. The molecule has 18 heavy (non-hydrogen) atoms. The molecule has 0 aliphatic carbocycles. The highest BCUT2D eigenvalue weighted by Gasteiger charge is 2.29. The van der Waals surface area contributed by atoms with E-state index < -0.39 is 0 Å². The topological polar surface area (TPSA) is 46.6 Å². The Kier molecular flexibility index (Phi) is 4.36. The van der Waals surface area contributed by atoms with Gasteiger partial charge in [-0.05, 0) is 30.7 Å². The van der Waals surface area contributed by atoms with E-state index in [9.17, 15) is 9.59 Å². The summed E-state index contributed by atoms with van der Waals surface area (Å²) in [5, 5.41) is 1.90. The van der Waals surface area contributed by atoms with Gasteiger partial charge in [0.15, 0.2) is 0 Å². The van der Waals surface area contributed by atoms with E-state index in [4.69, 9.17) is 4.74 Å². The van der Waals surface area contributed by atoms with Crippen molar-refractivity contribution < 1.29 is 14.3 Å². The van der Waals surface area contributed by atoms with E-state index >= 15 is 0 Å². The van der Waals surface area contributed by atoms with Gasteiger partial charge in [-0.15, -0.1) is 11.3 Å². The summed E-state index contributed by atoms with van der Waals surface area (Å²) in [6, 6.07) is 3.69. The number of piperidine rings is 1. The Bertz CT molecular complexity index is 416. The number of carbonyl (C=O) groups is 2. The number of carbonyl (C=O) groups excluding carboxylic acids is 2. The summed E-state index contributed by atoms with van der Waals surface area (Å²) in [7, 11) is 1.39. The van der Waals surface area contributed by atoms with Gasteiger partial charge in [0, 0.05) is 12.6 Å². The quantitative estimate of drug-likeness (QED) is 0.789. The fraction of sp³-hybridized carbons (Fsp3) is 0.538. The number of likely N-dealkylation sites (tertiary alicyclic amines) is 1. The average molecular weight is 267 g/mol. The summed E-state index contributed by atoms with van der Waals surface area (Å²) < 4.78 is 4.70. The summed E-state index contributed by atoms with van der Waals surface area (Å²) in [6.07, 6.45) is 3.25. The van der Waals surface area contributed by atoms with E-state index in [-0.39, 0.29) is 17.9 Å². The smallest absolute Gasteiger partial charge is 0.307 e. The van der Waals surface area contributed by atoms with Crippen LogP contribution in [-0.2, 0) is 9.53 Å². The summed E-state index contributed by atoms with van der Waals surface area (Å²) in [4.78, 5) is 26.3. The lowest BCUT2D eigenvalue weighted by Gasteiger charge is -2.34. The molecule has 1 atom stereocenters. The third-order valence-corrected chi connectivity index (χ3v) is 4.11. The number of amides is 1. The molecule has 1 aliphatic rings. The van der Waals surface area contributed by atoms with Crippen molar-refractivity contribution in [1.29, 1.82) is 0 Å². The molecule has 98 valence electrons. The molecular formula is C13H17NO3S. The maximum atomic E-state index is 12.3. The van der Waals surface area contributed by atoms with Crippen molar-refractivity contribution in [3.8, 4) is 0 Å².